The lowest BCUT2D eigenvalue weighted by Crippen LogP contribution is -3.00. The van der Waals surface area contributed by atoms with E-state index in [1.54, 1.807) is 0 Å². The van der Waals surface area contributed by atoms with Gasteiger partial charge in [0.15, 0.2) is 0 Å². The van der Waals surface area contributed by atoms with E-state index < -0.39 is 0 Å². The molecule has 0 aliphatic carbocycles. The van der Waals surface area contributed by atoms with Crippen LogP contribution in [0, 0.1) is 0 Å². The van der Waals surface area contributed by atoms with Gasteiger partial charge in [0.25, 0.3) is 0 Å². The van der Waals surface area contributed by atoms with Crippen LogP contribution in [0.3, 0.4) is 0 Å². The van der Waals surface area contributed by atoms with E-state index >= 15 is 0 Å². The molecule has 244 valence electrons. The van der Waals surface area contributed by atoms with Crippen LogP contribution in [0.1, 0.15) is 219 Å². The highest BCUT2D eigenvalue weighted by molar-refractivity contribution is 4.53. The van der Waals surface area contributed by atoms with E-state index in [1.807, 2.05) is 0 Å². The summed E-state index contributed by atoms with van der Waals surface area (Å²) in [6, 6.07) is 0. The van der Waals surface area contributed by atoms with Crippen LogP contribution in [0.4, 0.5) is 0 Å². The molecule has 0 aromatic rings. The molecule has 0 aliphatic rings. The van der Waals surface area contributed by atoms with E-state index in [9.17, 15) is 0 Å². The lowest BCUT2D eigenvalue weighted by atomic mass is 10.0. The molecule has 3 heteroatoms. The zero-order valence-corrected chi connectivity index (χ0v) is 29.2. The average Bonchev–Trinajstić information content (AvgIpc) is 2.95. The normalized spacial score (nSPS) is 11.4. The standard InChI is InChI=1S/C37H78N2.ClH/c1-4-6-8-10-12-14-16-18-20-22-24-26-28-30-32-34-36-39(38-3)37-35-33-31-29-27-25-23-21-19-17-15-13-11-9-7-5-2;/h38H,4-37H2,1-3H3;1H. The van der Waals surface area contributed by atoms with E-state index in [0.29, 0.717) is 0 Å². The third kappa shape index (κ3) is 36.2. The fourth-order valence-electron chi connectivity index (χ4n) is 6.10. The predicted octanol–water partition coefficient (Wildman–Crippen LogP) is 8.92. The number of halogens is 1. The Bertz CT molecular complexity index is 381. The molecule has 0 aromatic carbocycles. The Balaban J connectivity index is 0. The van der Waals surface area contributed by atoms with Crippen LogP contribution >= 0.6 is 0 Å². The third-order valence-electron chi connectivity index (χ3n) is 8.96. The van der Waals surface area contributed by atoms with Gasteiger partial charge in [0.05, 0.1) is 7.05 Å². The first-order valence-electron chi connectivity index (χ1n) is 18.9. The van der Waals surface area contributed by atoms with Crippen molar-refractivity contribution in [2.24, 2.45) is 0 Å². The van der Waals surface area contributed by atoms with Crippen LogP contribution in [0.25, 0.3) is 0 Å². The molecular formula is C37H79ClN2. The van der Waals surface area contributed by atoms with E-state index in [4.69, 9.17) is 0 Å². The topological polar surface area (TPSA) is 19.9 Å². The second-order valence-corrected chi connectivity index (χ2v) is 12.9. The minimum absolute atomic E-state index is 0. The Morgan fingerprint density at radius 3 is 0.650 bits per heavy atom. The van der Waals surface area contributed by atoms with Crippen molar-refractivity contribution in [1.29, 1.82) is 0 Å². The molecule has 0 aromatic heterocycles. The highest BCUT2D eigenvalue weighted by atomic mass is 35.5. The quantitative estimate of drug-likeness (QED) is 0.0446. The molecule has 0 bridgehead atoms. The Labute approximate surface area is 261 Å². The molecular weight excluding hydrogens is 508 g/mol. The first-order valence-corrected chi connectivity index (χ1v) is 18.9. The smallest absolute Gasteiger partial charge is 0.0827 e. The molecule has 40 heavy (non-hydrogen) atoms. The summed E-state index contributed by atoms with van der Waals surface area (Å²) in [4.78, 5) is 0. The van der Waals surface area contributed by atoms with Gasteiger partial charge in [0.1, 0.15) is 0 Å². The van der Waals surface area contributed by atoms with Gasteiger partial charge in [-0.1, -0.05) is 206 Å². The Morgan fingerprint density at radius 1 is 0.300 bits per heavy atom. The minimum Gasteiger partial charge on any atom is -1.00 e. The molecule has 0 fully saturated rings. The molecule has 0 saturated carbocycles. The first-order chi connectivity index (χ1) is 19.3. The van der Waals surface area contributed by atoms with Gasteiger partial charge in [0.2, 0.25) is 0 Å². The number of nitrogens with zero attached hydrogens (tertiary/aromatic N) is 1. The monoisotopic (exact) mass is 587 g/mol. The summed E-state index contributed by atoms with van der Waals surface area (Å²) in [5.41, 5.74) is 2.34. The van der Waals surface area contributed by atoms with E-state index in [0.717, 1.165) is 0 Å². The van der Waals surface area contributed by atoms with Crippen LogP contribution in [-0.2, 0) is 0 Å². The summed E-state index contributed by atoms with van der Waals surface area (Å²) in [5, 5.41) is 2.59. The highest BCUT2D eigenvalue weighted by Crippen LogP contribution is 2.15. The predicted molar refractivity (Wildman–Crippen MR) is 179 cm³/mol. The first kappa shape index (κ1) is 42.3. The maximum absolute atomic E-state index is 2.59. The van der Waals surface area contributed by atoms with Crippen molar-refractivity contribution in [3.05, 3.63) is 0 Å². The van der Waals surface area contributed by atoms with Crippen molar-refractivity contribution < 1.29 is 17.8 Å². The second kappa shape index (κ2) is 39.2. The van der Waals surface area contributed by atoms with E-state index in [1.165, 1.54) is 219 Å². The van der Waals surface area contributed by atoms with Gasteiger partial charge < -0.3 is 12.4 Å². The summed E-state index contributed by atoms with van der Waals surface area (Å²) >= 11 is 0. The highest BCUT2D eigenvalue weighted by Gasteiger charge is 2.05. The number of unbranched alkanes of at least 4 members (excludes halogenated alkanes) is 30. The van der Waals surface area contributed by atoms with Crippen molar-refractivity contribution >= 4 is 0 Å². The number of quaternary nitrogens is 1. The van der Waals surface area contributed by atoms with Gasteiger partial charge in [-0.15, -0.1) is 0 Å². The van der Waals surface area contributed by atoms with Gasteiger partial charge in [0, 0.05) is 13.1 Å². The van der Waals surface area contributed by atoms with Gasteiger partial charge in [-0.3, -0.25) is 5.43 Å². The van der Waals surface area contributed by atoms with Gasteiger partial charge >= 0.3 is 0 Å². The van der Waals surface area contributed by atoms with Crippen molar-refractivity contribution in [3.8, 4) is 0 Å². The minimum atomic E-state index is 0. The maximum atomic E-state index is 2.59. The van der Waals surface area contributed by atoms with Crippen LogP contribution < -0.4 is 17.8 Å². The second-order valence-electron chi connectivity index (χ2n) is 12.9. The molecule has 0 heterocycles. The maximum Gasteiger partial charge on any atom is 0.0827 e. The Morgan fingerprint density at radius 2 is 0.475 bits per heavy atom. The van der Waals surface area contributed by atoms with E-state index in [-0.39, 0.29) is 12.4 Å². The van der Waals surface area contributed by atoms with Gasteiger partial charge in [-0.05, 0) is 12.8 Å². The molecule has 2 N–H and O–H groups in total. The third-order valence-corrected chi connectivity index (χ3v) is 8.96. The summed E-state index contributed by atoms with van der Waals surface area (Å²) < 4.78 is 0. The fourth-order valence-corrected chi connectivity index (χ4v) is 6.10. The van der Waals surface area contributed by atoms with Gasteiger partial charge in [-0.25, -0.2) is 0 Å². The Kier molecular flexibility index (Phi) is 41.5. The molecule has 0 atom stereocenters. The summed E-state index contributed by atoms with van der Waals surface area (Å²) in [6.45, 7) is 7.19. The molecule has 0 amide bonds. The average molecular weight is 588 g/mol. The van der Waals surface area contributed by atoms with Crippen LogP contribution in [0.5, 0.6) is 0 Å². The zero-order valence-electron chi connectivity index (χ0n) is 28.4. The molecule has 0 saturated heterocycles. The zero-order chi connectivity index (χ0) is 28.3. The molecule has 0 radical (unpaired) electrons. The van der Waals surface area contributed by atoms with Crippen molar-refractivity contribution in [2.75, 3.05) is 20.1 Å². The van der Waals surface area contributed by atoms with E-state index in [2.05, 4.69) is 31.3 Å². The molecule has 2 nitrogen and oxygen atoms in total. The molecule has 0 spiro atoms. The largest absolute Gasteiger partial charge is 1.00 e. The Hall–Kier alpha value is 0.210. The van der Waals surface area contributed by atoms with Crippen LogP contribution in [-0.4, -0.2) is 25.1 Å². The van der Waals surface area contributed by atoms with Crippen molar-refractivity contribution in [1.82, 2.24) is 5.01 Å². The van der Waals surface area contributed by atoms with Gasteiger partial charge in [-0.2, -0.15) is 5.01 Å². The van der Waals surface area contributed by atoms with Crippen molar-refractivity contribution in [2.45, 2.75) is 219 Å². The summed E-state index contributed by atoms with van der Waals surface area (Å²) in [5.74, 6) is 0. The fraction of sp³-hybridized carbons (Fsp3) is 1.00. The number of hydrogen-bond donors (Lipinski definition) is 1. The molecule has 0 rings (SSSR count). The SMILES string of the molecule is CCCCCCCCCCCCCCCCCCN(CCCCCCCCCCCCCCCCCC)[NH2+]C.[Cl-]. The number of nitrogens with two attached hydrogens (primary N) is 1. The molecule has 0 unspecified atom stereocenters. The van der Waals surface area contributed by atoms with Crippen LogP contribution in [0.2, 0.25) is 0 Å². The lowest BCUT2D eigenvalue weighted by molar-refractivity contribution is -0.783. The number of hydrogen-bond acceptors (Lipinski definition) is 1. The van der Waals surface area contributed by atoms with Crippen molar-refractivity contribution in [3.63, 3.8) is 0 Å². The summed E-state index contributed by atoms with van der Waals surface area (Å²) in [6.07, 6.45) is 46.6. The lowest BCUT2D eigenvalue weighted by Gasteiger charge is -2.17. The number of rotatable bonds is 35. The molecule has 0 aliphatic heterocycles. The van der Waals surface area contributed by atoms with Crippen LogP contribution in [0.15, 0.2) is 0 Å². The summed E-state index contributed by atoms with van der Waals surface area (Å²) in [7, 11) is 2.24.